The lowest BCUT2D eigenvalue weighted by Crippen LogP contribution is -2.38. The molecule has 0 bridgehead atoms. The summed E-state index contributed by atoms with van der Waals surface area (Å²) in [6.07, 6.45) is -0.383. The minimum absolute atomic E-state index is 0.303. The Labute approximate surface area is 62.1 Å². The second kappa shape index (κ2) is 3.44. The summed E-state index contributed by atoms with van der Waals surface area (Å²) in [5.74, 6) is 0. The smallest absolute Gasteiger partial charge is 0.0802 e. The Morgan fingerprint density at radius 3 is 2.22 bits per heavy atom. The summed E-state index contributed by atoms with van der Waals surface area (Å²) in [7, 11) is 1.81. The Bertz CT molecular complexity index is 79.6. The number of aliphatic hydroxyl groups is 1. The van der Waals surface area contributed by atoms with E-state index in [9.17, 15) is 5.11 Å². The fourth-order valence-electron chi connectivity index (χ4n) is 0.443. The molecule has 0 rings (SSSR count). The highest BCUT2D eigenvalue weighted by molar-refractivity contribution is 7.81. The SMILES string of the molecule is CNCC(O)C(C)(C)S. The maximum absolute atomic E-state index is 9.25. The van der Waals surface area contributed by atoms with Gasteiger partial charge in [0.2, 0.25) is 0 Å². The van der Waals surface area contributed by atoms with Crippen molar-refractivity contribution in [1.82, 2.24) is 5.32 Å². The molecule has 0 saturated heterocycles. The Kier molecular flexibility index (Phi) is 3.54. The normalized spacial score (nSPS) is 15.7. The van der Waals surface area contributed by atoms with Gasteiger partial charge in [-0.25, -0.2) is 0 Å². The number of likely N-dealkylation sites (N-methyl/N-ethyl adjacent to an activating group) is 1. The molecule has 0 spiro atoms. The largest absolute Gasteiger partial charge is 0.390 e. The molecule has 1 unspecified atom stereocenters. The van der Waals surface area contributed by atoms with Crippen LogP contribution in [0.1, 0.15) is 13.8 Å². The van der Waals surface area contributed by atoms with Crippen molar-refractivity contribution < 1.29 is 5.11 Å². The first-order chi connectivity index (χ1) is 3.98. The zero-order valence-electron chi connectivity index (χ0n) is 6.18. The van der Waals surface area contributed by atoms with Crippen LogP contribution < -0.4 is 5.32 Å². The fourth-order valence-corrected chi connectivity index (χ4v) is 0.534. The van der Waals surface area contributed by atoms with Gasteiger partial charge < -0.3 is 10.4 Å². The zero-order valence-corrected chi connectivity index (χ0v) is 7.07. The van der Waals surface area contributed by atoms with Crippen LogP contribution in [0.5, 0.6) is 0 Å². The number of nitrogens with one attached hydrogen (secondary N) is 1. The highest BCUT2D eigenvalue weighted by Crippen LogP contribution is 2.16. The summed E-state index contributed by atoms with van der Waals surface area (Å²) >= 11 is 4.19. The summed E-state index contributed by atoms with van der Waals surface area (Å²) < 4.78 is -0.303. The molecule has 1 atom stereocenters. The lowest BCUT2D eigenvalue weighted by Gasteiger charge is -2.24. The van der Waals surface area contributed by atoms with E-state index < -0.39 is 0 Å². The summed E-state index contributed by atoms with van der Waals surface area (Å²) in [5.41, 5.74) is 0. The van der Waals surface area contributed by atoms with Gasteiger partial charge in [-0.2, -0.15) is 12.6 Å². The zero-order chi connectivity index (χ0) is 7.49. The summed E-state index contributed by atoms with van der Waals surface area (Å²) in [6.45, 7) is 4.37. The molecule has 0 aromatic rings. The van der Waals surface area contributed by atoms with Crippen molar-refractivity contribution in [1.29, 1.82) is 0 Å². The van der Waals surface area contributed by atoms with Crippen molar-refractivity contribution in [2.75, 3.05) is 13.6 Å². The third kappa shape index (κ3) is 3.78. The van der Waals surface area contributed by atoms with E-state index in [4.69, 9.17) is 0 Å². The molecule has 0 heterocycles. The molecule has 0 aliphatic rings. The van der Waals surface area contributed by atoms with Gasteiger partial charge >= 0.3 is 0 Å². The molecule has 2 N–H and O–H groups in total. The third-order valence-corrected chi connectivity index (χ3v) is 1.51. The molecule has 0 aliphatic heterocycles. The van der Waals surface area contributed by atoms with Crippen LogP contribution in [0.25, 0.3) is 0 Å². The average molecular weight is 149 g/mol. The highest BCUT2D eigenvalue weighted by atomic mass is 32.1. The Hall–Kier alpha value is 0.270. The summed E-state index contributed by atoms with van der Waals surface area (Å²) in [4.78, 5) is 0. The minimum Gasteiger partial charge on any atom is -0.390 e. The van der Waals surface area contributed by atoms with Crippen molar-refractivity contribution in [3.05, 3.63) is 0 Å². The van der Waals surface area contributed by atoms with Gasteiger partial charge in [-0.15, -0.1) is 0 Å². The standard InChI is InChI=1S/C6H15NOS/c1-6(2,9)5(8)4-7-3/h5,7-9H,4H2,1-3H3. The van der Waals surface area contributed by atoms with Gasteiger partial charge in [0.1, 0.15) is 0 Å². The van der Waals surface area contributed by atoms with Crippen LogP contribution >= 0.6 is 12.6 Å². The molecule has 56 valence electrons. The predicted octanol–water partition coefficient (Wildman–Crippen LogP) is 0.275. The number of rotatable bonds is 3. The van der Waals surface area contributed by atoms with E-state index in [1.165, 1.54) is 0 Å². The van der Waals surface area contributed by atoms with E-state index in [2.05, 4.69) is 17.9 Å². The first kappa shape index (κ1) is 9.27. The lowest BCUT2D eigenvalue weighted by molar-refractivity contribution is 0.143. The van der Waals surface area contributed by atoms with Crippen LogP contribution in [0.15, 0.2) is 0 Å². The first-order valence-corrected chi connectivity index (χ1v) is 3.48. The molecule has 3 heteroatoms. The third-order valence-electron chi connectivity index (χ3n) is 1.21. The van der Waals surface area contributed by atoms with E-state index in [0.29, 0.717) is 6.54 Å². The molecular weight excluding hydrogens is 134 g/mol. The van der Waals surface area contributed by atoms with E-state index in [-0.39, 0.29) is 10.9 Å². The van der Waals surface area contributed by atoms with Crippen molar-refractivity contribution in [2.24, 2.45) is 0 Å². The monoisotopic (exact) mass is 149 g/mol. The van der Waals surface area contributed by atoms with Crippen LogP contribution in [0.4, 0.5) is 0 Å². The van der Waals surface area contributed by atoms with Crippen LogP contribution in [0, 0.1) is 0 Å². The minimum atomic E-state index is -0.383. The maximum atomic E-state index is 9.25. The molecular formula is C6H15NOS. The predicted molar refractivity (Wildman–Crippen MR) is 43.0 cm³/mol. The molecule has 0 aromatic heterocycles. The quantitative estimate of drug-likeness (QED) is 0.503. The van der Waals surface area contributed by atoms with E-state index in [1.807, 2.05) is 20.9 Å². The second-order valence-corrected chi connectivity index (χ2v) is 3.88. The van der Waals surface area contributed by atoms with Gasteiger partial charge in [-0.1, -0.05) is 0 Å². The van der Waals surface area contributed by atoms with Gasteiger partial charge in [0, 0.05) is 11.3 Å². The van der Waals surface area contributed by atoms with E-state index in [0.717, 1.165) is 0 Å². The Balaban J connectivity index is 3.59. The van der Waals surface area contributed by atoms with Gasteiger partial charge in [0.15, 0.2) is 0 Å². The number of thiol groups is 1. The van der Waals surface area contributed by atoms with Crippen molar-refractivity contribution in [2.45, 2.75) is 24.7 Å². The molecule has 0 aromatic carbocycles. The van der Waals surface area contributed by atoms with Crippen molar-refractivity contribution in [3.8, 4) is 0 Å². The van der Waals surface area contributed by atoms with Crippen LogP contribution in [0.2, 0.25) is 0 Å². The van der Waals surface area contributed by atoms with Gasteiger partial charge in [-0.05, 0) is 20.9 Å². The van der Waals surface area contributed by atoms with Crippen molar-refractivity contribution >= 4 is 12.6 Å². The fraction of sp³-hybridized carbons (Fsp3) is 1.00. The average Bonchev–Trinajstić information content (AvgIpc) is 1.64. The topological polar surface area (TPSA) is 32.3 Å². The molecule has 0 amide bonds. The van der Waals surface area contributed by atoms with Gasteiger partial charge in [0.05, 0.1) is 6.10 Å². The summed E-state index contributed by atoms with van der Waals surface area (Å²) in [5, 5.41) is 12.1. The number of hydrogen-bond donors (Lipinski definition) is 3. The summed E-state index contributed by atoms with van der Waals surface area (Å²) in [6, 6.07) is 0. The molecule has 2 nitrogen and oxygen atoms in total. The van der Waals surface area contributed by atoms with Crippen LogP contribution in [0.3, 0.4) is 0 Å². The molecule has 0 fully saturated rings. The van der Waals surface area contributed by atoms with Gasteiger partial charge in [-0.3, -0.25) is 0 Å². The Morgan fingerprint density at radius 2 is 2.11 bits per heavy atom. The van der Waals surface area contributed by atoms with E-state index >= 15 is 0 Å². The first-order valence-electron chi connectivity index (χ1n) is 3.03. The molecule has 0 radical (unpaired) electrons. The van der Waals surface area contributed by atoms with Crippen LogP contribution in [-0.2, 0) is 0 Å². The van der Waals surface area contributed by atoms with Gasteiger partial charge in [0.25, 0.3) is 0 Å². The molecule has 0 saturated carbocycles. The number of aliphatic hydroxyl groups excluding tert-OH is 1. The molecule has 0 aliphatic carbocycles. The molecule has 9 heavy (non-hydrogen) atoms. The maximum Gasteiger partial charge on any atom is 0.0802 e. The Morgan fingerprint density at radius 1 is 1.67 bits per heavy atom. The lowest BCUT2D eigenvalue weighted by atomic mass is 10.1. The van der Waals surface area contributed by atoms with E-state index in [1.54, 1.807) is 0 Å². The van der Waals surface area contributed by atoms with Crippen molar-refractivity contribution in [3.63, 3.8) is 0 Å². The second-order valence-electron chi connectivity index (χ2n) is 2.73. The number of hydrogen-bond acceptors (Lipinski definition) is 3. The highest BCUT2D eigenvalue weighted by Gasteiger charge is 2.21. The van der Waals surface area contributed by atoms with Crippen LogP contribution in [-0.4, -0.2) is 29.5 Å².